The molecule has 8 heteroatoms. The Kier molecular flexibility index (Phi) is 4.55. The molecule has 0 atom stereocenters. The molecule has 0 saturated carbocycles. The van der Waals surface area contributed by atoms with Gasteiger partial charge >= 0.3 is 0 Å². The number of benzene rings is 1. The van der Waals surface area contributed by atoms with E-state index >= 15 is 0 Å². The van der Waals surface area contributed by atoms with Crippen LogP contribution in [0.3, 0.4) is 0 Å². The van der Waals surface area contributed by atoms with Crippen LogP contribution in [0.5, 0.6) is 5.88 Å². The van der Waals surface area contributed by atoms with Gasteiger partial charge < -0.3 is 9.94 Å². The summed E-state index contributed by atoms with van der Waals surface area (Å²) < 4.78 is 3.86. The Morgan fingerprint density at radius 3 is 2.43 bits per heavy atom. The van der Waals surface area contributed by atoms with Crippen LogP contribution in [-0.4, -0.2) is 39.7 Å². The number of hydrogen-bond acceptors (Lipinski definition) is 4. The van der Waals surface area contributed by atoms with E-state index in [0.717, 1.165) is 5.56 Å². The minimum atomic E-state index is -0.216. The van der Waals surface area contributed by atoms with Crippen LogP contribution in [0, 0.1) is 6.92 Å². The Morgan fingerprint density at radius 1 is 1.17 bits per heavy atom. The van der Waals surface area contributed by atoms with Crippen LogP contribution in [0.4, 0.5) is 0 Å². The maximum Gasteiger partial charge on any atom is 0.278 e. The van der Waals surface area contributed by atoms with Gasteiger partial charge in [0.15, 0.2) is 0 Å². The fourth-order valence-corrected chi connectivity index (χ4v) is 4.13. The van der Waals surface area contributed by atoms with Gasteiger partial charge in [0.25, 0.3) is 5.56 Å². The summed E-state index contributed by atoms with van der Waals surface area (Å²) in [5.41, 5.74) is 1.59. The van der Waals surface area contributed by atoms with Gasteiger partial charge in [0.05, 0.1) is 20.2 Å². The van der Waals surface area contributed by atoms with E-state index in [4.69, 9.17) is 16.4 Å². The smallest absolute Gasteiger partial charge is 0.278 e. The lowest BCUT2D eigenvalue weighted by Gasteiger charge is -2.15. The van der Waals surface area contributed by atoms with Gasteiger partial charge in [0.2, 0.25) is 5.88 Å². The predicted molar refractivity (Wildman–Crippen MR) is 91.8 cm³/mol. The molecule has 1 aromatic carbocycles. The minimum absolute atomic E-state index is 0.0286. The van der Waals surface area contributed by atoms with Crippen LogP contribution >= 0.6 is 27.5 Å². The van der Waals surface area contributed by atoms with Gasteiger partial charge in [-0.05, 0) is 24.6 Å². The zero-order valence-corrected chi connectivity index (χ0v) is 15.2. The van der Waals surface area contributed by atoms with E-state index in [1.54, 1.807) is 33.7 Å². The highest BCUT2D eigenvalue weighted by Gasteiger charge is 2.26. The molecule has 1 aliphatic heterocycles. The maximum absolute atomic E-state index is 12.8. The zero-order chi connectivity index (χ0) is 16.7. The van der Waals surface area contributed by atoms with Crippen LogP contribution in [0.25, 0.3) is 11.1 Å². The zero-order valence-electron chi connectivity index (χ0n) is 12.8. The molecule has 0 unspecified atom stereocenters. The first kappa shape index (κ1) is 16.6. The molecule has 0 bridgehead atoms. The van der Waals surface area contributed by atoms with Crippen molar-refractivity contribution in [3.8, 4) is 17.0 Å². The third kappa shape index (κ3) is 2.82. The Labute approximate surface area is 146 Å². The molecule has 2 aromatic rings. The third-order valence-electron chi connectivity index (χ3n) is 4.09. The van der Waals surface area contributed by atoms with E-state index in [1.807, 2.05) is 6.92 Å². The first-order valence-electron chi connectivity index (χ1n) is 7.21. The molecule has 124 valence electrons. The fourth-order valence-electron chi connectivity index (χ4n) is 2.97. The average molecular weight is 403 g/mol. The molecule has 1 N–H and O–H groups in total. The summed E-state index contributed by atoms with van der Waals surface area (Å²) in [6, 6.07) is 3.50. The third-order valence-corrected chi connectivity index (χ3v) is 4.93. The van der Waals surface area contributed by atoms with Crippen LogP contribution in [0.15, 0.2) is 21.4 Å². The summed E-state index contributed by atoms with van der Waals surface area (Å²) in [4.78, 5) is 18.1. The van der Waals surface area contributed by atoms with Crippen molar-refractivity contribution in [1.29, 1.82) is 0 Å². The SMILES string of the molecule is CON1CCn2c(O)c(-c3c(C)cc(Cl)cc3Br)c(=O)n2CC1. The number of rotatable bonds is 2. The van der Waals surface area contributed by atoms with Gasteiger partial charge in [-0.15, -0.1) is 0 Å². The van der Waals surface area contributed by atoms with Gasteiger partial charge in [-0.25, -0.2) is 9.36 Å². The minimum Gasteiger partial charge on any atom is -0.493 e. The molecule has 0 aliphatic carbocycles. The Morgan fingerprint density at radius 2 is 1.83 bits per heavy atom. The quantitative estimate of drug-likeness (QED) is 0.839. The summed E-state index contributed by atoms with van der Waals surface area (Å²) in [6.45, 7) is 3.97. The lowest BCUT2D eigenvalue weighted by Crippen LogP contribution is -2.27. The van der Waals surface area contributed by atoms with Gasteiger partial charge in [-0.3, -0.25) is 4.79 Å². The topological polar surface area (TPSA) is 59.6 Å². The molecular formula is C15H17BrClN3O3. The lowest BCUT2D eigenvalue weighted by atomic mass is 10.0. The van der Waals surface area contributed by atoms with Gasteiger partial charge in [0, 0.05) is 28.1 Å². The van der Waals surface area contributed by atoms with Crippen molar-refractivity contribution in [1.82, 2.24) is 14.4 Å². The first-order chi connectivity index (χ1) is 10.9. The van der Waals surface area contributed by atoms with Crippen molar-refractivity contribution in [2.75, 3.05) is 20.2 Å². The second-order valence-electron chi connectivity index (χ2n) is 5.44. The number of hydroxylamine groups is 2. The van der Waals surface area contributed by atoms with Gasteiger partial charge in [-0.1, -0.05) is 27.5 Å². The molecule has 6 nitrogen and oxygen atoms in total. The molecular weight excluding hydrogens is 386 g/mol. The fraction of sp³-hybridized carbons (Fsp3) is 0.400. The summed E-state index contributed by atoms with van der Waals surface area (Å²) in [7, 11) is 1.60. The van der Waals surface area contributed by atoms with Crippen molar-refractivity contribution in [3.63, 3.8) is 0 Å². The predicted octanol–water partition coefficient (Wildman–Crippen LogP) is 2.62. The van der Waals surface area contributed by atoms with Crippen molar-refractivity contribution in [3.05, 3.63) is 37.5 Å². The largest absolute Gasteiger partial charge is 0.493 e. The van der Waals surface area contributed by atoms with Crippen molar-refractivity contribution in [2.24, 2.45) is 0 Å². The normalized spacial score (nSPS) is 15.5. The number of aromatic nitrogens is 2. The van der Waals surface area contributed by atoms with Gasteiger partial charge in [-0.2, -0.15) is 5.06 Å². The summed E-state index contributed by atoms with van der Waals surface area (Å²) in [6.07, 6.45) is 0. The molecule has 1 aliphatic rings. The molecule has 2 heterocycles. The molecule has 1 aromatic heterocycles. The molecule has 0 fully saturated rings. The van der Waals surface area contributed by atoms with Crippen molar-refractivity contribution >= 4 is 27.5 Å². The van der Waals surface area contributed by atoms with E-state index in [2.05, 4.69) is 15.9 Å². The second kappa shape index (κ2) is 6.32. The number of hydrogen-bond donors (Lipinski definition) is 1. The lowest BCUT2D eigenvalue weighted by molar-refractivity contribution is -0.130. The Hall–Kier alpha value is -1.28. The number of fused-ring (bicyclic) bond motifs is 1. The molecule has 0 amide bonds. The van der Waals surface area contributed by atoms with Crippen LogP contribution in [-0.2, 0) is 17.9 Å². The van der Waals surface area contributed by atoms with Crippen LogP contribution in [0.1, 0.15) is 5.56 Å². The second-order valence-corrected chi connectivity index (χ2v) is 6.73. The van der Waals surface area contributed by atoms with E-state index in [0.29, 0.717) is 46.8 Å². The molecule has 0 radical (unpaired) electrons. The highest BCUT2D eigenvalue weighted by Crippen LogP contribution is 2.37. The highest BCUT2D eigenvalue weighted by atomic mass is 79.9. The number of aromatic hydroxyl groups is 1. The highest BCUT2D eigenvalue weighted by molar-refractivity contribution is 9.10. The van der Waals surface area contributed by atoms with E-state index in [1.165, 1.54) is 0 Å². The summed E-state index contributed by atoms with van der Waals surface area (Å²) in [5, 5.41) is 13.0. The Balaban J connectivity index is 2.17. The molecule has 23 heavy (non-hydrogen) atoms. The molecule has 0 saturated heterocycles. The first-order valence-corrected chi connectivity index (χ1v) is 8.38. The number of nitrogens with zero attached hydrogens (tertiary/aromatic N) is 3. The number of halogens is 2. The monoisotopic (exact) mass is 401 g/mol. The van der Waals surface area contributed by atoms with Crippen molar-refractivity contribution in [2.45, 2.75) is 20.0 Å². The van der Waals surface area contributed by atoms with E-state index < -0.39 is 0 Å². The summed E-state index contributed by atoms with van der Waals surface area (Å²) in [5.74, 6) is -0.0286. The van der Waals surface area contributed by atoms with Crippen molar-refractivity contribution < 1.29 is 9.94 Å². The molecule has 3 rings (SSSR count). The standard InChI is InChI=1S/C15H17BrClN3O3/c1-9-7-10(17)8-11(16)12(9)13-14(21)19-5-3-18(23-2)4-6-20(19)15(13)22/h7-8,21H,3-6H2,1-2H3. The van der Waals surface area contributed by atoms with Gasteiger partial charge in [0.1, 0.15) is 5.56 Å². The van der Waals surface area contributed by atoms with Crippen LogP contribution in [0.2, 0.25) is 5.02 Å². The van der Waals surface area contributed by atoms with E-state index in [-0.39, 0.29) is 11.4 Å². The maximum atomic E-state index is 12.8. The number of aryl methyl sites for hydroxylation is 1. The van der Waals surface area contributed by atoms with Crippen LogP contribution < -0.4 is 5.56 Å². The average Bonchev–Trinajstić information content (AvgIpc) is 2.67. The summed E-state index contributed by atoms with van der Waals surface area (Å²) >= 11 is 9.49. The molecule has 0 spiro atoms. The van der Waals surface area contributed by atoms with E-state index in [9.17, 15) is 9.90 Å². The Bertz CT molecular complexity index is 792.